The van der Waals surface area contributed by atoms with Gasteiger partial charge in [0.25, 0.3) is 0 Å². The highest BCUT2D eigenvalue weighted by Gasteiger charge is 2.58. The first-order chi connectivity index (χ1) is 13.5. The van der Waals surface area contributed by atoms with Gasteiger partial charge < -0.3 is 15.0 Å². The van der Waals surface area contributed by atoms with Gasteiger partial charge in [-0.1, -0.05) is 15.9 Å². The number of fused-ring (bicyclic) bond motifs is 1. The number of esters is 1. The number of halogens is 1. The number of hydrogen-bond donors (Lipinski definition) is 1. The third-order valence-electron chi connectivity index (χ3n) is 4.37. The molecule has 0 aromatic heterocycles. The number of β-lactam (4-membered cyclic amide) rings is 1. The minimum Gasteiger partial charge on any atom is -0.464 e. The van der Waals surface area contributed by atoms with E-state index in [1.165, 1.54) is 44.5 Å². The van der Waals surface area contributed by atoms with Crippen molar-refractivity contribution in [3.05, 3.63) is 10.6 Å². The number of amides is 2. The number of carbonyl (C=O) groups is 3. The highest BCUT2D eigenvalue weighted by atomic mass is 79.9. The van der Waals surface area contributed by atoms with Crippen LogP contribution in [0.15, 0.2) is 10.6 Å². The van der Waals surface area contributed by atoms with Gasteiger partial charge in [-0.05, 0) is 13.8 Å². The van der Waals surface area contributed by atoms with E-state index in [9.17, 15) is 22.8 Å². The Hall–Kier alpha value is -1.15. The summed E-state index contributed by atoms with van der Waals surface area (Å²) in [5.41, 5.74) is 0.135. The molecule has 29 heavy (non-hydrogen) atoms. The third kappa shape index (κ3) is 5.51. The standard InChI is InChI=1S/C16H23BrN2O8S2/c1-5-26-29(23,24)27-8(2)13-10-6-11(28-12(17)7-18-9(3)20)14(16(22)25-4)19(10)15(13)21/h8,10,12-13H,5-7H2,1-4H3,(H,18,20)/t8-,10+,12?,13-/m0/s1. The van der Waals surface area contributed by atoms with E-state index in [1.54, 1.807) is 0 Å². The quantitative estimate of drug-likeness (QED) is 0.256. The predicted octanol–water partition coefficient (Wildman–Crippen LogP) is 0.878. The van der Waals surface area contributed by atoms with Crippen molar-refractivity contribution in [1.29, 1.82) is 0 Å². The molecule has 164 valence electrons. The first-order valence-corrected chi connectivity index (χ1v) is 11.9. The van der Waals surface area contributed by atoms with E-state index in [2.05, 4.69) is 25.4 Å². The number of carbonyl (C=O) groups excluding carboxylic acids is 3. The van der Waals surface area contributed by atoms with Gasteiger partial charge >= 0.3 is 16.4 Å². The van der Waals surface area contributed by atoms with Crippen LogP contribution in [0.4, 0.5) is 0 Å². The molecule has 0 aromatic carbocycles. The molecule has 13 heteroatoms. The zero-order valence-electron chi connectivity index (χ0n) is 16.3. The van der Waals surface area contributed by atoms with Crippen LogP contribution < -0.4 is 5.32 Å². The lowest BCUT2D eigenvalue weighted by Gasteiger charge is -2.45. The van der Waals surface area contributed by atoms with Crippen molar-refractivity contribution in [2.75, 3.05) is 20.3 Å². The second-order valence-electron chi connectivity index (χ2n) is 6.35. The van der Waals surface area contributed by atoms with Crippen LogP contribution in [0.2, 0.25) is 0 Å². The Morgan fingerprint density at radius 1 is 1.41 bits per heavy atom. The van der Waals surface area contributed by atoms with Crippen LogP contribution in [0.5, 0.6) is 0 Å². The summed E-state index contributed by atoms with van der Waals surface area (Å²) in [5, 5.41) is 2.66. The summed E-state index contributed by atoms with van der Waals surface area (Å²) in [6, 6.07) is -0.425. The van der Waals surface area contributed by atoms with Gasteiger partial charge in [0.1, 0.15) is 5.70 Å². The van der Waals surface area contributed by atoms with E-state index in [0.29, 0.717) is 17.9 Å². The van der Waals surface area contributed by atoms with Crippen molar-refractivity contribution in [3.8, 4) is 0 Å². The first-order valence-electron chi connectivity index (χ1n) is 8.79. The molecule has 2 aliphatic heterocycles. The van der Waals surface area contributed by atoms with Gasteiger partial charge in [0.2, 0.25) is 11.8 Å². The molecular weight excluding hydrogens is 492 g/mol. The Balaban J connectivity index is 2.15. The Kier molecular flexibility index (Phi) is 8.13. The largest absolute Gasteiger partial charge is 0.464 e. The lowest BCUT2D eigenvalue weighted by Crippen LogP contribution is -2.62. The first kappa shape index (κ1) is 24.1. The topological polar surface area (TPSA) is 128 Å². The van der Waals surface area contributed by atoms with Crippen molar-refractivity contribution < 1.29 is 35.9 Å². The fourth-order valence-electron chi connectivity index (χ4n) is 3.25. The molecule has 2 aliphatic rings. The number of methoxy groups -OCH3 is 1. The van der Waals surface area contributed by atoms with E-state index in [-0.39, 0.29) is 22.4 Å². The van der Waals surface area contributed by atoms with Crippen molar-refractivity contribution in [3.63, 3.8) is 0 Å². The van der Waals surface area contributed by atoms with Gasteiger partial charge in [0.15, 0.2) is 0 Å². The van der Waals surface area contributed by atoms with Gasteiger partial charge in [0.05, 0.1) is 35.9 Å². The summed E-state index contributed by atoms with van der Waals surface area (Å²) < 4.78 is 37.6. The van der Waals surface area contributed by atoms with E-state index in [1.807, 2.05) is 0 Å². The molecule has 4 atom stereocenters. The van der Waals surface area contributed by atoms with Crippen LogP contribution in [0.3, 0.4) is 0 Å². The summed E-state index contributed by atoms with van der Waals surface area (Å²) in [7, 11) is -3.00. The van der Waals surface area contributed by atoms with E-state index in [0.717, 1.165) is 0 Å². The molecule has 2 heterocycles. The SMILES string of the molecule is CCOS(=O)(=O)O[C@@H](C)[C@@H]1C(=O)N2C(C(=O)OC)=C(SC(Br)CNC(C)=O)C[C@H]12. The Bertz CT molecular complexity index is 816. The molecule has 2 amide bonds. The van der Waals surface area contributed by atoms with Crippen molar-refractivity contribution in [1.82, 2.24) is 10.2 Å². The van der Waals surface area contributed by atoms with E-state index < -0.39 is 40.3 Å². The summed E-state index contributed by atoms with van der Waals surface area (Å²) in [5.74, 6) is -2.01. The highest BCUT2D eigenvalue weighted by Crippen LogP contribution is 2.49. The van der Waals surface area contributed by atoms with Crippen molar-refractivity contribution >= 4 is 55.9 Å². The predicted molar refractivity (Wildman–Crippen MR) is 108 cm³/mol. The monoisotopic (exact) mass is 514 g/mol. The maximum absolute atomic E-state index is 12.7. The number of alkyl halides is 1. The molecule has 0 radical (unpaired) electrons. The third-order valence-corrected chi connectivity index (χ3v) is 7.38. The highest BCUT2D eigenvalue weighted by molar-refractivity contribution is 9.11. The van der Waals surface area contributed by atoms with E-state index >= 15 is 0 Å². The summed E-state index contributed by atoms with van der Waals surface area (Å²) in [6.45, 7) is 4.60. The van der Waals surface area contributed by atoms with Gasteiger partial charge in [-0.3, -0.25) is 9.59 Å². The molecule has 0 aromatic rings. The van der Waals surface area contributed by atoms with Crippen molar-refractivity contribution in [2.45, 2.75) is 43.5 Å². The van der Waals surface area contributed by atoms with Crippen LogP contribution in [0.1, 0.15) is 27.2 Å². The fraction of sp³-hybridized carbons (Fsp3) is 0.688. The maximum Gasteiger partial charge on any atom is 0.400 e. The second kappa shape index (κ2) is 9.77. The van der Waals surface area contributed by atoms with Crippen LogP contribution in [0.25, 0.3) is 0 Å². The van der Waals surface area contributed by atoms with E-state index in [4.69, 9.17) is 8.92 Å². The molecular formula is C16H23BrN2O8S2. The van der Waals surface area contributed by atoms with Crippen molar-refractivity contribution in [2.24, 2.45) is 5.92 Å². The van der Waals surface area contributed by atoms with Crippen LogP contribution in [-0.4, -0.2) is 67.7 Å². The van der Waals surface area contributed by atoms with Gasteiger partial charge in [0, 0.05) is 24.8 Å². The number of hydrogen-bond acceptors (Lipinski definition) is 9. The molecule has 1 N–H and O–H groups in total. The molecule has 0 bridgehead atoms. The Morgan fingerprint density at radius 3 is 2.62 bits per heavy atom. The molecule has 0 spiro atoms. The summed E-state index contributed by atoms with van der Waals surface area (Å²) in [6.07, 6.45) is -0.613. The van der Waals surface area contributed by atoms with Crippen LogP contribution in [0, 0.1) is 5.92 Å². The smallest absolute Gasteiger partial charge is 0.400 e. The minimum atomic E-state index is -4.22. The van der Waals surface area contributed by atoms with Crippen LogP contribution in [-0.2, 0) is 37.9 Å². The van der Waals surface area contributed by atoms with Gasteiger partial charge in [-0.15, -0.1) is 11.8 Å². The molecule has 1 unspecified atom stereocenters. The average molecular weight is 515 g/mol. The normalized spacial score (nSPS) is 23.3. The number of nitrogens with zero attached hydrogens (tertiary/aromatic N) is 1. The second-order valence-corrected chi connectivity index (χ2v) is 10.6. The number of rotatable bonds is 10. The summed E-state index contributed by atoms with van der Waals surface area (Å²) >= 11 is 4.72. The molecule has 10 nitrogen and oxygen atoms in total. The van der Waals surface area contributed by atoms with Gasteiger partial charge in [-0.2, -0.15) is 8.42 Å². The minimum absolute atomic E-state index is 0.0843. The Morgan fingerprint density at radius 2 is 2.07 bits per heavy atom. The molecule has 0 saturated carbocycles. The number of nitrogens with one attached hydrogen (secondary N) is 1. The number of ether oxygens (including phenoxy) is 1. The molecule has 2 rings (SSSR count). The number of thioether (sulfide) groups is 1. The van der Waals surface area contributed by atoms with Crippen LogP contribution >= 0.6 is 27.7 Å². The fourth-order valence-corrected chi connectivity index (χ4v) is 5.96. The lowest BCUT2D eigenvalue weighted by molar-refractivity contribution is -0.160. The molecule has 1 fully saturated rings. The Labute approximate surface area is 182 Å². The lowest BCUT2D eigenvalue weighted by atomic mass is 9.83. The van der Waals surface area contributed by atoms with Gasteiger partial charge in [-0.25, -0.2) is 13.2 Å². The average Bonchev–Trinajstić information content (AvgIpc) is 2.92. The maximum atomic E-state index is 12.7. The zero-order valence-corrected chi connectivity index (χ0v) is 19.6. The summed E-state index contributed by atoms with van der Waals surface area (Å²) in [4.78, 5) is 38.0. The zero-order chi connectivity index (χ0) is 21.9. The molecule has 0 aliphatic carbocycles. The molecule has 1 saturated heterocycles.